The van der Waals surface area contributed by atoms with E-state index in [1.807, 2.05) is 12.1 Å². The van der Waals surface area contributed by atoms with E-state index in [1.54, 1.807) is 24.3 Å². The van der Waals surface area contributed by atoms with Crippen molar-refractivity contribution in [2.75, 3.05) is 0 Å². The number of ether oxygens (including phenoxy) is 2. The van der Waals surface area contributed by atoms with Gasteiger partial charge in [-0.05, 0) is 82.8 Å². The van der Waals surface area contributed by atoms with Crippen LogP contribution in [0.25, 0.3) is 6.08 Å². The number of halogens is 4. The summed E-state index contributed by atoms with van der Waals surface area (Å²) in [6.45, 7) is 0. The summed E-state index contributed by atoms with van der Waals surface area (Å²) in [7, 11) is 0. The minimum Gasteiger partial charge on any atom is -0.450 e. The molecule has 3 aromatic carbocycles. The Morgan fingerprint density at radius 3 is 2.32 bits per heavy atom. The summed E-state index contributed by atoms with van der Waals surface area (Å²) in [4.78, 5) is 26.6. The van der Waals surface area contributed by atoms with Crippen molar-refractivity contribution in [3.63, 3.8) is 0 Å². The number of hydrogen-bond acceptors (Lipinski definition) is 6. The summed E-state index contributed by atoms with van der Waals surface area (Å²) < 4.78 is 50.2. The molecule has 172 valence electrons. The van der Waals surface area contributed by atoms with Crippen molar-refractivity contribution in [3.8, 4) is 11.5 Å². The summed E-state index contributed by atoms with van der Waals surface area (Å²) in [5, 5.41) is 11.2. The van der Waals surface area contributed by atoms with Gasteiger partial charge in [-0.3, -0.25) is 10.1 Å². The van der Waals surface area contributed by atoms with E-state index in [4.69, 9.17) is 9.47 Å². The predicted molar refractivity (Wildman–Crippen MR) is 124 cm³/mol. The lowest BCUT2D eigenvalue weighted by Gasteiger charge is -2.10. The third-order valence-corrected chi connectivity index (χ3v) is 5.33. The molecule has 1 aliphatic heterocycles. The van der Waals surface area contributed by atoms with Crippen molar-refractivity contribution in [2.24, 2.45) is 4.99 Å². The van der Waals surface area contributed by atoms with Gasteiger partial charge in [-0.25, -0.2) is 9.79 Å². The van der Waals surface area contributed by atoms with Gasteiger partial charge in [0.25, 0.3) is 0 Å². The largest absolute Gasteiger partial charge is 0.450 e. The fourth-order valence-corrected chi connectivity index (χ4v) is 3.32. The zero-order valence-electron chi connectivity index (χ0n) is 16.9. The smallest absolute Gasteiger partial charge is 0.416 e. The molecule has 0 unspecified atom stereocenters. The standard InChI is InChI=1S/C23H12F3IN2O5/c24-23(25,26)15-5-10-20(19(12-15)29(31)32)33-17-8-1-13(2-9-17)11-18-22(30)34-21(28-18)14-3-6-16(27)7-4-14/h1-12H/b18-11-. The zero-order chi connectivity index (χ0) is 24.5. The first-order chi connectivity index (χ1) is 16.1. The molecule has 11 heteroatoms. The van der Waals surface area contributed by atoms with Gasteiger partial charge in [-0.1, -0.05) is 12.1 Å². The normalized spacial score (nSPS) is 14.6. The molecule has 3 aromatic rings. The van der Waals surface area contributed by atoms with E-state index in [0.717, 1.165) is 9.64 Å². The first-order valence-electron chi connectivity index (χ1n) is 9.52. The Balaban J connectivity index is 1.54. The number of nitro groups is 1. The quantitative estimate of drug-likeness (QED) is 0.115. The van der Waals surface area contributed by atoms with Crippen LogP contribution >= 0.6 is 22.6 Å². The third kappa shape index (κ3) is 5.25. The number of alkyl halides is 3. The molecule has 0 radical (unpaired) electrons. The molecular weight excluding hydrogens is 568 g/mol. The molecular formula is C23H12F3IN2O5. The van der Waals surface area contributed by atoms with Crippen LogP contribution in [0.2, 0.25) is 0 Å². The van der Waals surface area contributed by atoms with Gasteiger partial charge in [0, 0.05) is 15.2 Å². The fraction of sp³-hybridized carbons (Fsp3) is 0.0435. The number of carbonyl (C=O) groups excluding carboxylic acids is 1. The number of rotatable bonds is 5. The van der Waals surface area contributed by atoms with E-state index in [0.29, 0.717) is 23.3 Å². The molecule has 4 rings (SSSR count). The molecule has 34 heavy (non-hydrogen) atoms. The maximum absolute atomic E-state index is 12.9. The van der Waals surface area contributed by atoms with Crippen LogP contribution in [0.3, 0.4) is 0 Å². The van der Waals surface area contributed by atoms with Crippen LogP contribution < -0.4 is 4.74 Å². The van der Waals surface area contributed by atoms with Crippen molar-refractivity contribution in [1.29, 1.82) is 0 Å². The lowest BCUT2D eigenvalue weighted by Crippen LogP contribution is -2.06. The average molecular weight is 580 g/mol. The van der Waals surface area contributed by atoms with Crippen LogP contribution in [-0.4, -0.2) is 16.8 Å². The maximum Gasteiger partial charge on any atom is 0.416 e. The Hall–Kier alpha value is -3.74. The Bertz CT molecular complexity index is 1330. The highest BCUT2D eigenvalue weighted by atomic mass is 127. The second-order valence-corrected chi connectivity index (χ2v) is 8.20. The number of benzene rings is 3. The second kappa shape index (κ2) is 9.25. The molecule has 0 aromatic heterocycles. The second-order valence-electron chi connectivity index (χ2n) is 6.95. The van der Waals surface area contributed by atoms with E-state index in [2.05, 4.69) is 27.6 Å². The van der Waals surface area contributed by atoms with Gasteiger partial charge in [0.15, 0.2) is 5.70 Å². The van der Waals surface area contributed by atoms with Crippen LogP contribution in [0.5, 0.6) is 11.5 Å². The van der Waals surface area contributed by atoms with Crippen molar-refractivity contribution in [2.45, 2.75) is 6.18 Å². The van der Waals surface area contributed by atoms with Gasteiger partial charge in [0.2, 0.25) is 11.6 Å². The molecule has 0 spiro atoms. The number of nitrogens with zero attached hydrogens (tertiary/aromatic N) is 2. The number of nitro benzene ring substituents is 1. The lowest BCUT2D eigenvalue weighted by molar-refractivity contribution is -0.385. The Labute approximate surface area is 203 Å². The van der Waals surface area contributed by atoms with E-state index in [9.17, 15) is 28.1 Å². The lowest BCUT2D eigenvalue weighted by atomic mass is 10.1. The molecule has 1 heterocycles. The van der Waals surface area contributed by atoms with Crippen molar-refractivity contribution >= 4 is 46.2 Å². The molecule has 0 fully saturated rings. The minimum atomic E-state index is -4.72. The highest BCUT2D eigenvalue weighted by Crippen LogP contribution is 2.38. The molecule has 7 nitrogen and oxygen atoms in total. The van der Waals surface area contributed by atoms with Gasteiger partial charge in [0.1, 0.15) is 5.75 Å². The molecule has 0 atom stereocenters. The van der Waals surface area contributed by atoms with E-state index >= 15 is 0 Å². The Morgan fingerprint density at radius 1 is 1.03 bits per heavy atom. The number of cyclic esters (lactones) is 1. The fourth-order valence-electron chi connectivity index (χ4n) is 2.96. The summed E-state index contributed by atoms with van der Waals surface area (Å²) in [5.74, 6) is -0.617. The summed E-state index contributed by atoms with van der Waals surface area (Å²) in [5.41, 5.74) is -0.664. The highest BCUT2D eigenvalue weighted by molar-refractivity contribution is 14.1. The Morgan fingerprint density at radius 2 is 1.71 bits per heavy atom. The monoisotopic (exact) mass is 580 g/mol. The maximum atomic E-state index is 12.9. The van der Waals surface area contributed by atoms with E-state index in [1.165, 1.54) is 18.2 Å². The van der Waals surface area contributed by atoms with E-state index < -0.39 is 28.3 Å². The van der Waals surface area contributed by atoms with Crippen LogP contribution in [0.15, 0.2) is 77.4 Å². The molecule has 0 amide bonds. The van der Waals surface area contributed by atoms with Crippen molar-refractivity contribution in [3.05, 3.63) is 103 Å². The average Bonchev–Trinajstić information content (AvgIpc) is 3.15. The number of aliphatic imine (C=N–C) groups is 1. The van der Waals surface area contributed by atoms with Gasteiger partial charge in [-0.15, -0.1) is 0 Å². The zero-order valence-corrected chi connectivity index (χ0v) is 19.0. The Kier molecular flexibility index (Phi) is 6.37. The first-order valence-corrected chi connectivity index (χ1v) is 10.6. The molecule has 0 aliphatic carbocycles. The van der Waals surface area contributed by atoms with Gasteiger partial charge >= 0.3 is 17.8 Å². The highest BCUT2D eigenvalue weighted by Gasteiger charge is 2.33. The van der Waals surface area contributed by atoms with Crippen LogP contribution in [0.4, 0.5) is 18.9 Å². The van der Waals surface area contributed by atoms with Crippen LogP contribution in [0.1, 0.15) is 16.7 Å². The van der Waals surface area contributed by atoms with Crippen molar-refractivity contribution in [1.82, 2.24) is 0 Å². The van der Waals surface area contributed by atoms with Crippen molar-refractivity contribution < 1.29 is 32.4 Å². The third-order valence-electron chi connectivity index (χ3n) is 4.61. The SMILES string of the molecule is O=C1OC(c2ccc(I)cc2)=N/C1=C\c1ccc(Oc2ccc(C(F)(F)F)cc2[N+](=O)[O-])cc1. The van der Waals surface area contributed by atoms with Crippen LogP contribution in [-0.2, 0) is 15.7 Å². The molecule has 0 saturated heterocycles. The first kappa shape index (κ1) is 23.4. The summed E-state index contributed by atoms with van der Waals surface area (Å²) >= 11 is 2.15. The minimum absolute atomic E-state index is 0.0839. The molecule has 1 aliphatic rings. The van der Waals surface area contributed by atoms with Gasteiger partial charge < -0.3 is 9.47 Å². The molecule has 0 bridgehead atoms. The summed E-state index contributed by atoms with van der Waals surface area (Å²) in [6.07, 6.45) is -3.23. The number of hydrogen-bond donors (Lipinski definition) is 0. The van der Waals surface area contributed by atoms with Gasteiger partial charge in [-0.2, -0.15) is 13.2 Å². The number of esters is 1. The van der Waals surface area contributed by atoms with Gasteiger partial charge in [0.05, 0.1) is 10.5 Å². The van der Waals surface area contributed by atoms with Crippen LogP contribution in [0, 0.1) is 13.7 Å². The topological polar surface area (TPSA) is 91.0 Å². The van der Waals surface area contributed by atoms with E-state index in [-0.39, 0.29) is 23.1 Å². The predicted octanol–water partition coefficient (Wildman–Crippen LogP) is 6.36. The molecule has 0 N–H and O–H groups in total. The number of carbonyl (C=O) groups is 1. The summed E-state index contributed by atoms with van der Waals surface area (Å²) in [6, 6.07) is 15.3. The molecule has 0 saturated carbocycles.